The minimum atomic E-state index is -0.0185. The van der Waals surface area contributed by atoms with Gasteiger partial charge in [0.1, 0.15) is 18.9 Å². The Hall–Kier alpha value is -0.930. The van der Waals surface area contributed by atoms with Crippen molar-refractivity contribution in [1.82, 2.24) is 0 Å². The molecule has 0 unspecified atom stereocenters. The Morgan fingerprint density at radius 3 is 2.81 bits per heavy atom. The molecule has 0 spiro atoms. The fourth-order valence-corrected chi connectivity index (χ4v) is 2.79. The van der Waals surface area contributed by atoms with Gasteiger partial charge in [-0.1, -0.05) is 12.1 Å². The number of nitrogens with one attached hydrogen (secondary N) is 1. The lowest BCUT2D eigenvalue weighted by Gasteiger charge is -2.30. The van der Waals surface area contributed by atoms with Gasteiger partial charge in [0.05, 0.1) is 18.7 Å². The summed E-state index contributed by atoms with van der Waals surface area (Å²) in [5.41, 5.74) is 2.14. The Bertz CT molecular complexity index is 361. The molecule has 16 heavy (non-hydrogen) atoms. The third kappa shape index (κ3) is 1.97. The summed E-state index contributed by atoms with van der Waals surface area (Å²) in [6.07, 6.45) is 0. The zero-order valence-corrected chi connectivity index (χ0v) is 10.1. The van der Waals surface area contributed by atoms with Crippen LogP contribution in [0.3, 0.4) is 0 Å². The Morgan fingerprint density at radius 1 is 1.38 bits per heavy atom. The van der Waals surface area contributed by atoms with Gasteiger partial charge in [-0.2, -0.15) is 0 Å². The maximum absolute atomic E-state index is 13.9. The van der Waals surface area contributed by atoms with Crippen molar-refractivity contribution in [3.8, 4) is 0 Å². The first-order valence-corrected chi connectivity index (χ1v) is 6.21. The number of benzene rings is 1. The molecule has 0 radical (unpaired) electrons. The zero-order chi connectivity index (χ0) is 11.5. The molecule has 0 fully saturated rings. The SMILES string of the molecule is CC[NH+](CC)[C@@H]1C[NH2+]Cc2cccc(F)c21. The average molecular weight is 224 g/mol. The van der Waals surface area contributed by atoms with Gasteiger partial charge in [0, 0.05) is 5.56 Å². The van der Waals surface area contributed by atoms with Gasteiger partial charge in [0.25, 0.3) is 0 Å². The van der Waals surface area contributed by atoms with Gasteiger partial charge in [-0.3, -0.25) is 0 Å². The molecular formula is C13H21FN2+2. The van der Waals surface area contributed by atoms with Gasteiger partial charge in [0.2, 0.25) is 0 Å². The van der Waals surface area contributed by atoms with Crippen LogP contribution in [0, 0.1) is 5.82 Å². The molecule has 1 atom stereocenters. The van der Waals surface area contributed by atoms with E-state index in [1.165, 1.54) is 10.5 Å². The van der Waals surface area contributed by atoms with Crippen molar-refractivity contribution >= 4 is 0 Å². The molecule has 1 aromatic carbocycles. The van der Waals surface area contributed by atoms with E-state index in [9.17, 15) is 4.39 Å². The molecule has 0 amide bonds. The van der Waals surface area contributed by atoms with Crippen LogP contribution in [-0.2, 0) is 6.54 Å². The Balaban J connectivity index is 2.38. The third-order valence-corrected chi connectivity index (χ3v) is 3.66. The van der Waals surface area contributed by atoms with Crippen LogP contribution < -0.4 is 10.2 Å². The monoisotopic (exact) mass is 224 g/mol. The molecule has 0 saturated carbocycles. The van der Waals surface area contributed by atoms with Gasteiger partial charge in [-0.05, 0) is 19.9 Å². The molecule has 0 aliphatic carbocycles. The van der Waals surface area contributed by atoms with Crippen molar-refractivity contribution in [2.75, 3.05) is 19.6 Å². The van der Waals surface area contributed by atoms with Crippen molar-refractivity contribution in [3.63, 3.8) is 0 Å². The van der Waals surface area contributed by atoms with Crippen LogP contribution in [0.25, 0.3) is 0 Å². The first-order valence-electron chi connectivity index (χ1n) is 6.21. The van der Waals surface area contributed by atoms with Crippen molar-refractivity contribution in [1.29, 1.82) is 0 Å². The molecule has 1 aromatic rings. The molecular weight excluding hydrogens is 203 g/mol. The number of nitrogens with two attached hydrogens (primary N) is 1. The first-order chi connectivity index (χ1) is 7.77. The first kappa shape index (κ1) is 11.6. The Labute approximate surface area is 96.5 Å². The van der Waals surface area contributed by atoms with E-state index in [1.54, 1.807) is 6.07 Å². The number of hydrogen-bond acceptors (Lipinski definition) is 0. The van der Waals surface area contributed by atoms with Gasteiger partial charge < -0.3 is 10.2 Å². The fourth-order valence-electron chi connectivity index (χ4n) is 2.79. The predicted octanol–water partition coefficient (Wildman–Crippen LogP) is -0.131. The molecule has 2 rings (SSSR count). The van der Waals surface area contributed by atoms with Crippen LogP contribution in [0.5, 0.6) is 0 Å². The fraction of sp³-hybridized carbons (Fsp3) is 0.538. The average Bonchev–Trinajstić information content (AvgIpc) is 2.31. The normalized spacial score (nSPS) is 19.9. The molecule has 88 valence electrons. The largest absolute Gasteiger partial charge is 0.337 e. The summed E-state index contributed by atoms with van der Waals surface area (Å²) < 4.78 is 13.9. The van der Waals surface area contributed by atoms with E-state index in [0.29, 0.717) is 6.04 Å². The number of likely N-dealkylation sites (N-methyl/N-ethyl adjacent to an activating group) is 1. The third-order valence-electron chi connectivity index (χ3n) is 3.66. The Kier molecular flexibility index (Phi) is 3.56. The number of rotatable bonds is 3. The highest BCUT2D eigenvalue weighted by atomic mass is 19.1. The van der Waals surface area contributed by atoms with Crippen LogP contribution in [0.1, 0.15) is 31.0 Å². The lowest BCUT2D eigenvalue weighted by Crippen LogP contribution is -3.15. The lowest BCUT2D eigenvalue weighted by molar-refractivity contribution is -0.945. The van der Waals surface area contributed by atoms with Crippen molar-refractivity contribution in [2.45, 2.75) is 26.4 Å². The summed E-state index contributed by atoms with van der Waals surface area (Å²) in [5.74, 6) is -0.0185. The maximum Gasteiger partial charge on any atom is 0.166 e. The minimum Gasteiger partial charge on any atom is -0.337 e. The van der Waals surface area contributed by atoms with Crippen molar-refractivity contribution in [2.24, 2.45) is 0 Å². The predicted molar refractivity (Wildman–Crippen MR) is 61.7 cm³/mol. The molecule has 1 aliphatic heterocycles. The number of quaternary nitrogens is 2. The second-order valence-corrected chi connectivity index (χ2v) is 4.46. The quantitative estimate of drug-likeness (QED) is 0.714. The summed E-state index contributed by atoms with van der Waals surface area (Å²) in [4.78, 5) is 1.47. The Morgan fingerprint density at radius 2 is 2.12 bits per heavy atom. The minimum absolute atomic E-state index is 0.0185. The van der Waals surface area contributed by atoms with Gasteiger partial charge >= 0.3 is 0 Å². The van der Waals surface area contributed by atoms with E-state index >= 15 is 0 Å². The smallest absolute Gasteiger partial charge is 0.166 e. The molecule has 0 bridgehead atoms. The molecule has 0 saturated heterocycles. The second-order valence-electron chi connectivity index (χ2n) is 4.46. The van der Waals surface area contributed by atoms with Crippen LogP contribution >= 0.6 is 0 Å². The van der Waals surface area contributed by atoms with Crippen LogP contribution in [0.4, 0.5) is 4.39 Å². The second kappa shape index (κ2) is 4.93. The van der Waals surface area contributed by atoms with Gasteiger partial charge in [-0.25, -0.2) is 4.39 Å². The molecule has 1 aliphatic rings. The van der Waals surface area contributed by atoms with Crippen LogP contribution in [0.2, 0.25) is 0 Å². The van der Waals surface area contributed by atoms with Crippen LogP contribution in [0.15, 0.2) is 18.2 Å². The number of halogens is 1. The lowest BCUT2D eigenvalue weighted by atomic mass is 9.95. The number of fused-ring (bicyclic) bond motifs is 1. The standard InChI is InChI=1S/C13H19FN2/c1-3-16(4-2)12-9-15-8-10-6-5-7-11(14)13(10)12/h5-7,12,15H,3-4,8-9H2,1-2H3/p+2/t12-/m1/s1. The van der Waals surface area contributed by atoms with E-state index in [-0.39, 0.29) is 5.82 Å². The van der Waals surface area contributed by atoms with Gasteiger partial charge in [0.15, 0.2) is 6.04 Å². The van der Waals surface area contributed by atoms with E-state index in [1.807, 2.05) is 6.07 Å². The van der Waals surface area contributed by atoms with Crippen LogP contribution in [-0.4, -0.2) is 19.6 Å². The van der Waals surface area contributed by atoms with Crippen molar-refractivity contribution in [3.05, 3.63) is 35.1 Å². The molecule has 0 aromatic heterocycles. The molecule has 2 nitrogen and oxygen atoms in total. The van der Waals surface area contributed by atoms with E-state index < -0.39 is 0 Å². The van der Waals surface area contributed by atoms with E-state index in [4.69, 9.17) is 0 Å². The number of hydrogen-bond donors (Lipinski definition) is 2. The zero-order valence-electron chi connectivity index (χ0n) is 10.1. The van der Waals surface area contributed by atoms with Gasteiger partial charge in [-0.15, -0.1) is 0 Å². The van der Waals surface area contributed by atoms with E-state index in [2.05, 4.69) is 25.2 Å². The summed E-state index contributed by atoms with van der Waals surface area (Å²) in [6, 6.07) is 5.80. The summed E-state index contributed by atoms with van der Waals surface area (Å²) >= 11 is 0. The summed E-state index contributed by atoms with van der Waals surface area (Å²) in [6.45, 7) is 8.39. The van der Waals surface area contributed by atoms with E-state index in [0.717, 1.165) is 31.7 Å². The topological polar surface area (TPSA) is 21.1 Å². The molecule has 1 heterocycles. The summed E-state index contributed by atoms with van der Waals surface area (Å²) in [7, 11) is 0. The highest BCUT2D eigenvalue weighted by molar-refractivity contribution is 5.30. The highest BCUT2D eigenvalue weighted by Crippen LogP contribution is 2.20. The highest BCUT2D eigenvalue weighted by Gasteiger charge is 2.32. The molecule has 3 heteroatoms. The molecule has 3 N–H and O–H groups in total. The summed E-state index contributed by atoms with van der Waals surface area (Å²) in [5, 5.41) is 2.29. The van der Waals surface area contributed by atoms with Crippen molar-refractivity contribution < 1.29 is 14.6 Å². The maximum atomic E-state index is 13.9.